The van der Waals surface area contributed by atoms with Crippen LogP contribution in [0.5, 0.6) is 0 Å². The SMILES string of the molecule is O=C(Cn1ncc2ccccc21)N1CCC2(CCN(Cc3ccccn3)C2=O)C1. The van der Waals surface area contributed by atoms with Crippen LogP contribution >= 0.6 is 0 Å². The van der Waals surface area contributed by atoms with E-state index in [9.17, 15) is 9.59 Å². The van der Waals surface area contributed by atoms with E-state index in [0.29, 0.717) is 19.6 Å². The van der Waals surface area contributed by atoms with Crippen molar-refractivity contribution in [3.63, 3.8) is 0 Å². The quantitative estimate of drug-likeness (QED) is 0.685. The van der Waals surface area contributed by atoms with Crippen molar-refractivity contribution >= 4 is 22.7 Å². The second-order valence-electron chi connectivity index (χ2n) is 8.00. The third-order valence-electron chi connectivity index (χ3n) is 6.22. The Hall–Kier alpha value is -3.22. The molecule has 0 N–H and O–H groups in total. The Morgan fingerprint density at radius 3 is 2.76 bits per heavy atom. The Morgan fingerprint density at radius 1 is 1.07 bits per heavy atom. The highest BCUT2D eigenvalue weighted by molar-refractivity contribution is 5.87. The molecule has 0 bridgehead atoms. The lowest BCUT2D eigenvalue weighted by Gasteiger charge is -2.23. The summed E-state index contributed by atoms with van der Waals surface area (Å²) < 4.78 is 1.74. The van der Waals surface area contributed by atoms with Gasteiger partial charge >= 0.3 is 0 Å². The number of para-hydroxylation sites is 1. The zero-order valence-electron chi connectivity index (χ0n) is 16.2. The normalized spacial score (nSPS) is 21.6. The van der Waals surface area contributed by atoms with Crippen molar-refractivity contribution in [1.29, 1.82) is 0 Å². The van der Waals surface area contributed by atoms with Crippen molar-refractivity contribution in [3.8, 4) is 0 Å². The molecule has 148 valence electrons. The molecule has 3 aromatic rings. The molecule has 1 spiro atoms. The van der Waals surface area contributed by atoms with Crippen LogP contribution in [0.4, 0.5) is 0 Å². The van der Waals surface area contributed by atoms with Gasteiger partial charge < -0.3 is 9.80 Å². The van der Waals surface area contributed by atoms with Crippen molar-refractivity contribution in [2.45, 2.75) is 25.9 Å². The summed E-state index contributed by atoms with van der Waals surface area (Å²) in [6, 6.07) is 13.6. The lowest BCUT2D eigenvalue weighted by atomic mass is 9.85. The predicted octanol–water partition coefficient (Wildman–Crippen LogP) is 2.08. The summed E-state index contributed by atoms with van der Waals surface area (Å²) in [6.45, 7) is 2.59. The molecule has 1 atom stereocenters. The molecule has 29 heavy (non-hydrogen) atoms. The number of likely N-dealkylation sites (tertiary alicyclic amines) is 2. The highest BCUT2D eigenvalue weighted by atomic mass is 16.2. The number of rotatable bonds is 4. The highest BCUT2D eigenvalue weighted by Gasteiger charge is 2.51. The summed E-state index contributed by atoms with van der Waals surface area (Å²) in [4.78, 5) is 34.1. The molecule has 0 aliphatic carbocycles. The number of hydrogen-bond donors (Lipinski definition) is 0. The summed E-state index contributed by atoms with van der Waals surface area (Å²) >= 11 is 0. The van der Waals surface area contributed by atoms with Crippen LogP contribution in [0.3, 0.4) is 0 Å². The van der Waals surface area contributed by atoms with E-state index in [2.05, 4.69) is 10.1 Å². The zero-order valence-corrected chi connectivity index (χ0v) is 16.2. The van der Waals surface area contributed by atoms with Crippen molar-refractivity contribution in [2.24, 2.45) is 5.41 Å². The first kappa shape index (κ1) is 17.8. The number of fused-ring (bicyclic) bond motifs is 1. The van der Waals surface area contributed by atoms with Gasteiger partial charge in [-0.2, -0.15) is 5.10 Å². The fourth-order valence-corrected chi connectivity index (χ4v) is 4.57. The Labute approximate surface area is 168 Å². The maximum absolute atomic E-state index is 13.1. The number of amides is 2. The maximum atomic E-state index is 13.1. The molecule has 2 aliphatic rings. The van der Waals surface area contributed by atoms with Gasteiger partial charge in [-0.3, -0.25) is 19.3 Å². The molecule has 1 unspecified atom stereocenters. The molecule has 0 radical (unpaired) electrons. The van der Waals surface area contributed by atoms with Crippen LogP contribution < -0.4 is 0 Å². The van der Waals surface area contributed by atoms with Gasteiger partial charge in [-0.05, 0) is 31.0 Å². The average Bonchev–Trinajstić information content (AvgIpc) is 3.44. The van der Waals surface area contributed by atoms with Gasteiger partial charge in [0.1, 0.15) is 6.54 Å². The second kappa shape index (κ2) is 6.99. The zero-order chi connectivity index (χ0) is 19.8. The molecular formula is C22H23N5O2. The van der Waals surface area contributed by atoms with E-state index in [1.165, 1.54) is 0 Å². The topological polar surface area (TPSA) is 71.3 Å². The summed E-state index contributed by atoms with van der Waals surface area (Å²) in [5.74, 6) is 0.176. The second-order valence-corrected chi connectivity index (χ2v) is 8.00. The van der Waals surface area contributed by atoms with Crippen molar-refractivity contribution in [2.75, 3.05) is 19.6 Å². The summed E-state index contributed by atoms with van der Waals surface area (Å²) in [5, 5.41) is 5.38. The van der Waals surface area contributed by atoms with E-state index < -0.39 is 5.41 Å². The molecule has 2 aromatic heterocycles. The number of carbonyl (C=O) groups is 2. The van der Waals surface area contributed by atoms with E-state index in [1.54, 1.807) is 17.1 Å². The van der Waals surface area contributed by atoms with Gasteiger partial charge in [-0.15, -0.1) is 0 Å². The lowest BCUT2D eigenvalue weighted by Crippen LogP contribution is -2.39. The molecule has 4 heterocycles. The third-order valence-corrected chi connectivity index (χ3v) is 6.22. The minimum Gasteiger partial charge on any atom is -0.340 e. The smallest absolute Gasteiger partial charge is 0.244 e. The van der Waals surface area contributed by atoms with Crippen molar-refractivity contribution < 1.29 is 9.59 Å². The maximum Gasteiger partial charge on any atom is 0.244 e. The fourth-order valence-electron chi connectivity index (χ4n) is 4.57. The van der Waals surface area contributed by atoms with E-state index in [4.69, 9.17) is 0 Å². The van der Waals surface area contributed by atoms with Gasteiger partial charge in [0, 0.05) is 31.2 Å². The molecule has 5 rings (SSSR count). The van der Waals surface area contributed by atoms with Crippen LogP contribution in [0.25, 0.3) is 10.9 Å². The Kier molecular flexibility index (Phi) is 4.30. The minimum atomic E-state index is -0.434. The lowest BCUT2D eigenvalue weighted by molar-refractivity contribution is -0.137. The van der Waals surface area contributed by atoms with Crippen LogP contribution in [0.1, 0.15) is 18.5 Å². The van der Waals surface area contributed by atoms with Gasteiger partial charge in [-0.25, -0.2) is 0 Å². The van der Waals surface area contributed by atoms with Gasteiger partial charge in [0.15, 0.2) is 0 Å². The van der Waals surface area contributed by atoms with E-state index in [-0.39, 0.29) is 18.4 Å². The molecule has 2 saturated heterocycles. The summed E-state index contributed by atoms with van der Waals surface area (Å²) in [6.07, 6.45) is 5.06. The highest BCUT2D eigenvalue weighted by Crippen LogP contribution is 2.41. The molecule has 7 nitrogen and oxygen atoms in total. The van der Waals surface area contributed by atoms with Crippen LogP contribution in [0.2, 0.25) is 0 Å². The Morgan fingerprint density at radius 2 is 1.90 bits per heavy atom. The summed E-state index contributed by atoms with van der Waals surface area (Å²) in [5.41, 5.74) is 1.42. The molecular weight excluding hydrogens is 366 g/mol. The molecule has 2 aliphatic heterocycles. The first-order valence-electron chi connectivity index (χ1n) is 10.0. The monoisotopic (exact) mass is 389 g/mol. The van der Waals surface area contributed by atoms with Crippen molar-refractivity contribution in [1.82, 2.24) is 24.6 Å². The number of carbonyl (C=O) groups excluding carboxylic acids is 2. The van der Waals surface area contributed by atoms with Crippen LogP contribution in [-0.4, -0.2) is 56.0 Å². The average molecular weight is 389 g/mol. The van der Waals surface area contributed by atoms with Gasteiger partial charge in [0.05, 0.1) is 29.4 Å². The fraction of sp³-hybridized carbons (Fsp3) is 0.364. The van der Waals surface area contributed by atoms with Crippen LogP contribution in [0, 0.1) is 5.41 Å². The molecule has 7 heteroatoms. The van der Waals surface area contributed by atoms with E-state index in [0.717, 1.165) is 36.0 Å². The summed E-state index contributed by atoms with van der Waals surface area (Å²) in [7, 11) is 0. The number of hydrogen-bond acceptors (Lipinski definition) is 4. The largest absolute Gasteiger partial charge is 0.340 e. The standard InChI is InChI=1S/C22H23N5O2/c28-20(15-27-19-7-2-1-5-17(19)13-24-27)26-12-9-22(16-26)8-11-25(21(22)29)14-18-6-3-4-10-23-18/h1-7,10,13H,8-9,11-12,14-16H2. The first-order chi connectivity index (χ1) is 14.1. The van der Waals surface area contributed by atoms with Gasteiger partial charge in [-0.1, -0.05) is 24.3 Å². The Balaban J connectivity index is 1.26. The molecule has 0 saturated carbocycles. The van der Waals surface area contributed by atoms with Crippen LogP contribution in [-0.2, 0) is 22.7 Å². The Bertz CT molecular complexity index is 1060. The number of benzene rings is 1. The van der Waals surface area contributed by atoms with Crippen molar-refractivity contribution in [3.05, 3.63) is 60.6 Å². The van der Waals surface area contributed by atoms with E-state index in [1.807, 2.05) is 52.3 Å². The van der Waals surface area contributed by atoms with Gasteiger partial charge in [0.25, 0.3) is 0 Å². The molecule has 2 amide bonds. The molecule has 1 aromatic carbocycles. The first-order valence-corrected chi connectivity index (χ1v) is 10.0. The van der Waals surface area contributed by atoms with Crippen LogP contribution in [0.15, 0.2) is 54.9 Å². The molecule has 2 fully saturated rings. The number of nitrogens with zero attached hydrogens (tertiary/aromatic N) is 5. The van der Waals surface area contributed by atoms with E-state index >= 15 is 0 Å². The minimum absolute atomic E-state index is 0.0201. The van der Waals surface area contributed by atoms with Gasteiger partial charge in [0.2, 0.25) is 11.8 Å². The number of pyridine rings is 1. The third kappa shape index (κ3) is 3.16. The number of aromatic nitrogens is 3. The predicted molar refractivity (Wildman–Crippen MR) is 108 cm³/mol.